The largest absolute Gasteiger partial charge is 0.489 e. The van der Waals surface area contributed by atoms with Crippen molar-refractivity contribution in [2.24, 2.45) is 0 Å². The Bertz CT molecular complexity index is 852. The molecule has 0 aliphatic carbocycles. The van der Waals surface area contributed by atoms with Gasteiger partial charge in [-0.15, -0.1) is 0 Å². The molecule has 0 amide bonds. The van der Waals surface area contributed by atoms with Gasteiger partial charge in [0.05, 0.1) is 10.0 Å². The molecule has 0 fully saturated rings. The van der Waals surface area contributed by atoms with Gasteiger partial charge in [0, 0.05) is 18.2 Å². The lowest BCUT2D eigenvalue weighted by Crippen LogP contribution is -2.18. The zero-order valence-corrected chi connectivity index (χ0v) is 16.1. The van der Waals surface area contributed by atoms with Crippen LogP contribution in [0.2, 0.25) is 10.0 Å². The van der Waals surface area contributed by atoms with Gasteiger partial charge in [-0.05, 0) is 36.2 Å². The van der Waals surface area contributed by atoms with Gasteiger partial charge in [0.25, 0.3) is 0 Å². The Balaban J connectivity index is 1.63. The highest BCUT2D eigenvalue weighted by Crippen LogP contribution is 2.25. The Labute approximate surface area is 164 Å². The van der Waals surface area contributed by atoms with E-state index in [0.717, 1.165) is 23.4 Å². The van der Waals surface area contributed by atoms with Crippen molar-refractivity contribution >= 4 is 23.2 Å². The highest BCUT2D eigenvalue weighted by molar-refractivity contribution is 6.42. The number of rotatable bonds is 7. The van der Waals surface area contributed by atoms with E-state index in [4.69, 9.17) is 27.9 Å². The van der Waals surface area contributed by atoms with E-state index in [1.807, 2.05) is 36.4 Å². The summed E-state index contributed by atoms with van der Waals surface area (Å²) in [6.07, 6.45) is 0. The fourth-order valence-electron chi connectivity index (χ4n) is 2.70. The van der Waals surface area contributed by atoms with E-state index in [1.54, 1.807) is 6.07 Å². The van der Waals surface area contributed by atoms with E-state index in [9.17, 15) is 0 Å². The first-order valence-electron chi connectivity index (χ1n) is 8.56. The van der Waals surface area contributed by atoms with Crippen molar-refractivity contribution in [2.75, 3.05) is 0 Å². The van der Waals surface area contributed by atoms with E-state index in [-0.39, 0.29) is 6.04 Å². The zero-order chi connectivity index (χ0) is 18.4. The summed E-state index contributed by atoms with van der Waals surface area (Å²) in [5.74, 6) is 0.867. The minimum absolute atomic E-state index is 0.263. The number of hydrogen-bond acceptors (Lipinski definition) is 2. The van der Waals surface area contributed by atoms with Crippen LogP contribution in [-0.4, -0.2) is 0 Å². The molecule has 0 saturated carbocycles. The maximum Gasteiger partial charge on any atom is 0.124 e. The molecule has 2 nitrogen and oxygen atoms in total. The molecule has 134 valence electrons. The average Bonchev–Trinajstić information content (AvgIpc) is 2.68. The minimum Gasteiger partial charge on any atom is -0.489 e. The van der Waals surface area contributed by atoms with Gasteiger partial charge >= 0.3 is 0 Å². The van der Waals surface area contributed by atoms with Crippen LogP contribution in [-0.2, 0) is 13.2 Å². The van der Waals surface area contributed by atoms with Gasteiger partial charge in [-0.25, -0.2) is 0 Å². The smallest absolute Gasteiger partial charge is 0.124 e. The Kier molecular flexibility index (Phi) is 6.56. The predicted octanol–water partition coefficient (Wildman–Crippen LogP) is 6.42. The van der Waals surface area contributed by atoms with Crippen LogP contribution >= 0.6 is 23.2 Å². The molecule has 3 aromatic rings. The topological polar surface area (TPSA) is 21.3 Å². The number of para-hydroxylation sites is 1. The number of hydrogen-bond donors (Lipinski definition) is 1. The summed E-state index contributed by atoms with van der Waals surface area (Å²) >= 11 is 12.0. The fourth-order valence-corrected chi connectivity index (χ4v) is 3.02. The number of benzene rings is 3. The third kappa shape index (κ3) is 5.01. The maximum absolute atomic E-state index is 6.07. The molecule has 1 N–H and O–H groups in total. The molecule has 0 radical (unpaired) electrons. The summed E-state index contributed by atoms with van der Waals surface area (Å²) in [7, 11) is 0. The molecular weight excluding hydrogens is 365 g/mol. The van der Waals surface area contributed by atoms with E-state index in [1.165, 1.54) is 5.56 Å². The first-order chi connectivity index (χ1) is 12.6. The van der Waals surface area contributed by atoms with Crippen molar-refractivity contribution in [1.82, 2.24) is 5.32 Å². The summed E-state index contributed by atoms with van der Waals surface area (Å²) in [5.41, 5.74) is 3.37. The lowest BCUT2D eigenvalue weighted by Gasteiger charge is -2.17. The summed E-state index contributed by atoms with van der Waals surface area (Å²) in [6, 6.07) is 24.3. The van der Waals surface area contributed by atoms with Crippen molar-refractivity contribution in [2.45, 2.75) is 26.1 Å². The minimum atomic E-state index is 0.263. The molecule has 3 aromatic carbocycles. The Hall–Kier alpha value is -2.00. The lowest BCUT2D eigenvalue weighted by atomic mass is 10.1. The predicted molar refractivity (Wildman–Crippen MR) is 109 cm³/mol. The van der Waals surface area contributed by atoms with Crippen molar-refractivity contribution in [1.29, 1.82) is 0 Å². The number of halogens is 2. The molecule has 0 saturated heterocycles. The standard InChI is InChI=1S/C22H21Cl2NO/c1-16(18-7-3-2-4-8-18)25-14-19-9-5-6-10-22(19)26-15-17-11-12-20(23)21(24)13-17/h2-13,16,25H,14-15H2,1H3/t16-/m0/s1. The average molecular weight is 386 g/mol. The maximum atomic E-state index is 6.07. The summed E-state index contributed by atoms with van der Waals surface area (Å²) in [6.45, 7) is 3.34. The lowest BCUT2D eigenvalue weighted by molar-refractivity contribution is 0.301. The summed E-state index contributed by atoms with van der Waals surface area (Å²) in [5, 5.41) is 4.64. The molecule has 4 heteroatoms. The van der Waals surface area contributed by atoms with Crippen LogP contribution < -0.4 is 10.1 Å². The van der Waals surface area contributed by atoms with Crippen LogP contribution in [0.5, 0.6) is 5.75 Å². The normalized spacial score (nSPS) is 12.0. The van der Waals surface area contributed by atoms with Gasteiger partial charge in [-0.3, -0.25) is 0 Å². The molecular formula is C22H21Cl2NO. The van der Waals surface area contributed by atoms with Crippen molar-refractivity contribution in [3.05, 3.63) is 99.5 Å². The van der Waals surface area contributed by atoms with Crippen LogP contribution in [0.15, 0.2) is 72.8 Å². The molecule has 0 bridgehead atoms. The molecule has 0 aliphatic rings. The Morgan fingerprint density at radius 3 is 2.38 bits per heavy atom. The summed E-state index contributed by atoms with van der Waals surface area (Å²) < 4.78 is 6.01. The van der Waals surface area contributed by atoms with Crippen LogP contribution in [0, 0.1) is 0 Å². The van der Waals surface area contributed by atoms with Gasteiger partial charge in [-0.1, -0.05) is 77.8 Å². The van der Waals surface area contributed by atoms with Gasteiger partial charge in [0.2, 0.25) is 0 Å². The van der Waals surface area contributed by atoms with E-state index < -0.39 is 0 Å². The number of nitrogens with one attached hydrogen (secondary N) is 1. The van der Waals surface area contributed by atoms with E-state index in [0.29, 0.717) is 16.7 Å². The van der Waals surface area contributed by atoms with E-state index in [2.05, 4.69) is 42.6 Å². The molecule has 0 heterocycles. The van der Waals surface area contributed by atoms with Crippen LogP contribution in [0.1, 0.15) is 29.7 Å². The molecule has 1 atom stereocenters. The highest BCUT2D eigenvalue weighted by Gasteiger charge is 2.08. The van der Waals surface area contributed by atoms with Crippen LogP contribution in [0.4, 0.5) is 0 Å². The second-order valence-electron chi connectivity index (χ2n) is 6.16. The third-order valence-electron chi connectivity index (χ3n) is 4.25. The quantitative estimate of drug-likeness (QED) is 0.506. The first kappa shape index (κ1) is 18.8. The van der Waals surface area contributed by atoms with Gasteiger partial charge in [-0.2, -0.15) is 0 Å². The van der Waals surface area contributed by atoms with E-state index >= 15 is 0 Å². The molecule has 0 unspecified atom stereocenters. The fraction of sp³-hybridized carbons (Fsp3) is 0.182. The van der Waals surface area contributed by atoms with Crippen molar-refractivity contribution in [3.8, 4) is 5.75 Å². The molecule has 0 spiro atoms. The van der Waals surface area contributed by atoms with Crippen molar-refractivity contribution < 1.29 is 4.74 Å². The van der Waals surface area contributed by atoms with Crippen LogP contribution in [0.25, 0.3) is 0 Å². The molecule has 26 heavy (non-hydrogen) atoms. The Morgan fingerprint density at radius 1 is 0.885 bits per heavy atom. The summed E-state index contributed by atoms with van der Waals surface area (Å²) in [4.78, 5) is 0. The monoisotopic (exact) mass is 385 g/mol. The Morgan fingerprint density at radius 2 is 1.62 bits per heavy atom. The molecule has 3 rings (SSSR count). The van der Waals surface area contributed by atoms with Gasteiger partial charge in [0.15, 0.2) is 0 Å². The highest BCUT2D eigenvalue weighted by atomic mass is 35.5. The van der Waals surface area contributed by atoms with Crippen molar-refractivity contribution in [3.63, 3.8) is 0 Å². The third-order valence-corrected chi connectivity index (χ3v) is 4.99. The van der Waals surface area contributed by atoms with Gasteiger partial charge < -0.3 is 10.1 Å². The first-order valence-corrected chi connectivity index (χ1v) is 9.32. The molecule has 0 aromatic heterocycles. The zero-order valence-electron chi connectivity index (χ0n) is 14.6. The number of ether oxygens (including phenoxy) is 1. The second kappa shape index (κ2) is 9.09. The van der Waals surface area contributed by atoms with Crippen LogP contribution in [0.3, 0.4) is 0 Å². The second-order valence-corrected chi connectivity index (χ2v) is 6.97. The SMILES string of the molecule is C[C@H](NCc1ccccc1OCc1ccc(Cl)c(Cl)c1)c1ccccc1. The molecule has 0 aliphatic heterocycles. The van der Waals surface area contributed by atoms with Gasteiger partial charge in [0.1, 0.15) is 12.4 Å².